The fourth-order valence-electron chi connectivity index (χ4n) is 1.93. The van der Waals surface area contributed by atoms with Crippen molar-refractivity contribution in [3.05, 3.63) is 36.4 Å². The van der Waals surface area contributed by atoms with Gasteiger partial charge in [-0.3, -0.25) is 4.79 Å². The Labute approximate surface area is 158 Å². The van der Waals surface area contributed by atoms with Crippen LogP contribution in [-0.2, 0) is 14.3 Å². The van der Waals surface area contributed by atoms with Crippen molar-refractivity contribution in [2.45, 2.75) is 32.8 Å². The van der Waals surface area contributed by atoms with Gasteiger partial charge in [0.05, 0.1) is 25.0 Å². The molecule has 0 radical (unpaired) electrons. The van der Waals surface area contributed by atoms with Gasteiger partial charge < -0.3 is 24.8 Å². The Bertz CT molecular complexity index is 694. The summed E-state index contributed by atoms with van der Waals surface area (Å²) in [5.74, 6) is -0.615. The molecule has 8 heteroatoms. The van der Waals surface area contributed by atoms with E-state index >= 15 is 0 Å². The van der Waals surface area contributed by atoms with E-state index < -0.39 is 23.6 Å². The van der Waals surface area contributed by atoms with Gasteiger partial charge in [0.1, 0.15) is 11.4 Å². The van der Waals surface area contributed by atoms with Crippen LogP contribution in [-0.4, -0.2) is 43.8 Å². The van der Waals surface area contributed by atoms with E-state index in [9.17, 15) is 14.4 Å². The summed E-state index contributed by atoms with van der Waals surface area (Å²) < 4.78 is 15.5. The van der Waals surface area contributed by atoms with Gasteiger partial charge in [0.25, 0.3) is 0 Å². The van der Waals surface area contributed by atoms with Crippen molar-refractivity contribution >= 4 is 23.7 Å². The monoisotopic (exact) mass is 378 g/mol. The van der Waals surface area contributed by atoms with E-state index in [1.807, 2.05) is 0 Å². The van der Waals surface area contributed by atoms with E-state index in [2.05, 4.69) is 21.9 Å². The summed E-state index contributed by atoms with van der Waals surface area (Å²) >= 11 is 0. The number of hydrogen-bond acceptors (Lipinski definition) is 6. The second kappa shape index (κ2) is 10.2. The largest absolute Gasteiger partial charge is 0.491 e. The molecule has 8 nitrogen and oxygen atoms in total. The Morgan fingerprint density at radius 3 is 2.52 bits per heavy atom. The lowest BCUT2D eigenvalue weighted by Crippen LogP contribution is -2.33. The van der Waals surface area contributed by atoms with Crippen LogP contribution in [0.25, 0.3) is 0 Å². The van der Waals surface area contributed by atoms with Gasteiger partial charge in [-0.05, 0) is 51.5 Å². The molecule has 0 saturated carbocycles. The van der Waals surface area contributed by atoms with Crippen LogP contribution < -0.4 is 15.4 Å². The molecule has 0 unspecified atom stereocenters. The SMILES string of the molecule is C=CC(=O)Nc1ccc(C(=O)OC)cc1OCCCNC(=O)OC(C)(C)C. The first-order valence-electron chi connectivity index (χ1n) is 8.41. The summed E-state index contributed by atoms with van der Waals surface area (Å²) in [6.45, 7) is 9.33. The Balaban J connectivity index is 2.65. The lowest BCUT2D eigenvalue weighted by atomic mass is 10.2. The van der Waals surface area contributed by atoms with Gasteiger partial charge in [0.15, 0.2) is 0 Å². The molecule has 0 fully saturated rings. The van der Waals surface area contributed by atoms with E-state index in [4.69, 9.17) is 9.47 Å². The first-order chi connectivity index (χ1) is 12.7. The third kappa shape index (κ3) is 8.26. The van der Waals surface area contributed by atoms with Crippen LogP contribution in [0.5, 0.6) is 5.75 Å². The van der Waals surface area contributed by atoms with Crippen LogP contribution in [0.3, 0.4) is 0 Å². The minimum atomic E-state index is -0.562. The van der Waals surface area contributed by atoms with Gasteiger partial charge in [0.2, 0.25) is 5.91 Å². The maximum atomic E-state index is 11.7. The molecule has 148 valence electrons. The number of carbonyl (C=O) groups excluding carboxylic acids is 3. The Kier molecular flexibility index (Phi) is 8.32. The number of nitrogens with one attached hydrogen (secondary N) is 2. The number of benzene rings is 1. The molecule has 0 aliphatic carbocycles. The molecule has 1 rings (SSSR count). The quantitative estimate of drug-likeness (QED) is 0.410. The first kappa shape index (κ1) is 22.0. The molecule has 27 heavy (non-hydrogen) atoms. The zero-order chi connectivity index (χ0) is 20.4. The van der Waals surface area contributed by atoms with Gasteiger partial charge in [-0.2, -0.15) is 0 Å². The molecule has 2 amide bonds. The maximum Gasteiger partial charge on any atom is 0.407 e. The van der Waals surface area contributed by atoms with Gasteiger partial charge >= 0.3 is 12.1 Å². The minimum Gasteiger partial charge on any atom is -0.491 e. The highest BCUT2D eigenvalue weighted by molar-refractivity contribution is 6.00. The number of methoxy groups -OCH3 is 1. The van der Waals surface area contributed by atoms with E-state index in [0.29, 0.717) is 24.4 Å². The number of carbonyl (C=O) groups is 3. The summed E-state index contributed by atoms with van der Waals surface area (Å²) in [5.41, 5.74) is 0.122. The molecule has 0 aliphatic heterocycles. The van der Waals surface area contributed by atoms with E-state index in [1.54, 1.807) is 26.8 Å². The minimum absolute atomic E-state index is 0.247. The summed E-state index contributed by atoms with van der Waals surface area (Å²) in [6, 6.07) is 4.54. The summed E-state index contributed by atoms with van der Waals surface area (Å²) in [5, 5.41) is 5.23. The van der Waals surface area contributed by atoms with Crippen LogP contribution in [0.15, 0.2) is 30.9 Å². The van der Waals surface area contributed by atoms with Crippen molar-refractivity contribution in [2.75, 3.05) is 25.6 Å². The van der Waals surface area contributed by atoms with Crippen LogP contribution in [0.1, 0.15) is 37.6 Å². The Hall–Kier alpha value is -3.03. The highest BCUT2D eigenvalue weighted by Crippen LogP contribution is 2.26. The van der Waals surface area contributed by atoms with Crippen molar-refractivity contribution in [3.63, 3.8) is 0 Å². The number of rotatable bonds is 8. The smallest absolute Gasteiger partial charge is 0.407 e. The predicted octanol–water partition coefficient (Wildman–Crippen LogP) is 2.89. The fraction of sp³-hybridized carbons (Fsp3) is 0.421. The second-order valence-corrected chi connectivity index (χ2v) is 6.53. The fourth-order valence-corrected chi connectivity index (χ4v) is 1.93. The van der Waals surface area contributed by atoms with Crippen molar-refractivity contribution < 1.29 is 28.6 Å². The molecule has 0 aromatic heterocycles. The molecule has 2 N–H and O–H groups in total. The van der Waals surface area contributed by atoms with Crippen LogP contribution >= 0.6 is 0 Å². The normalized spacial score (nSPS) is 10.5. The average molecular weight is 378 g/mol. The van der Waals surface area contributed by atoms with Crippen LogP contribution in [0.4, 0.5) is 10.5 Å². The zero-order valence-corrected chi connectivity index (χ0v) is 16.1. The summed E-state index contributed by atoms with van der Waals surface area (Å²) in [6.07, 6.45) is 1.12. The Morgan fingerprint density at radius 1 is 1.22 bits per heavy atom. The second-order valence-electron chi connectivity index (χ2n) is 6.53. The zero-order valence-electron chi connectivity index (χ0n) is 16.1. The molecular formula is C19H26N2O6. The van der Waals surface area contributed by atoms with Crippen LogP contribution in [0, 0.1) is 0 Å². The van der Waals surface area contributed by atoms with Crippen molar-refractivity contribution in [1.29, 1.82) is 0 Å². The Morgan fingerprint density at radius 2 is 1.93 bits per heavy atom. The standard InChI is InChI=1S/C19H26N2O6/c1-6-16(22)21-14-9-8-13(17(23)25-5)12-15(14)26-11-7-10-20-18(24)27-19(2,3)4/h6,8-9,12H,1,7,10-11H2,2-5H3,(H,20,24)(H,21,22). The van der Waals surface area contributed by atoms with Gasteiger partial charge in [-0.15, -0.1) is 0 Å². The number of anilines is 1. The van der Waals surface area contributed by atoms with Crippen LogP contribution in [0.2, 0.25) is 0 Å². The number of ether oxygens (including phenoxy) is 3. The predicted molar refractivity (Wildman–Crippen MR) is 101 cm³/mol. The molecule has 0 bridgehead atoms. The number of alkyl carbamates (subject to hydrolysis) is 1. The summed E-state index contributed by atoms with van der Waals surface area (Å²) in [4.78, 5) is 34.8. The highest BCUT2D eigenvalue weighted by Gasteiger charge is 2.16. The molecule has 0 spiro atoms. The lowest BCUT2D eigenvalue weighted by molar-refractivity contribution is -0.111. The topological polar surface area (TPSA) is 103 Å². The van der Waals surface area contributed by atoms with E-state index in [-0.39, 0.29) is 12.2 Å². The molecule has 1 aromatic rings. The van der Waals surface area contributed by atoms with Crippen molar-refractivity contribution in [2.24, 2.45) is 0 Å². The number of hydrogen-bond donors (Lipinski definition) is 2. The van der Waals surface area contributed by atoms with Crippen molar-refractivity contribution in [1.82, 2.24) is 5.32 Å². The number of amides is 2. The molecule has 0 saturated heterocycles. The van der Waals surface area contributed by atoms with Gasteiger partial charge in [-0.25, -0.2) is 9.59 Å². The van der Waals surface area contributed by atoms with Gasteiger partial charge in [-0.1, -0.05) is 6.58 Å². The van der Waals surface area contributed by atoms with E-state index in [1.165, 1.54) is 19.2 Å². The van der Waals surface area contributed by atoms with Gasteiger partial charge in [0, 0.05) is 6.54 Å². The molecule has 0 atom stereocenters. The summed E-state index contributed by atoms with van der Waals surface area (Å²) in [7, 11) is 1.28. The molecular weight excluding hydrogens is 352 g/mol. The lowest BCUT2D eigenvalue weighted by Gasteiger charge is -2.19. The highest BCUT2D eigenvalue weighted by atomic mass is 16.6. The molecule has 0 aliphatic rings. The third-order valence-corrected chi connectivity index (χ3v) is 3.09. The number of esters is 1. The first-order valence-corrected chi connectivity index (χ1v) is 8.41. The third-order valence-electron chi connectivity index (χ3n) is 3.09. The molecule has 0 heterocycles. The van der Waals surface area contributed by atoms with Crippen molar-refractivity contribution in [3.8, 4) is 5.75 Å². The maximum absolute atomic E-state index is 11.7. The molecule has 1 aromatic carbocycles. The van der Waals surface area contributed by atoms with E-state index in [0.717, 1.165) is 6.08 Å². The average Bonchev–Trinajstić information content (AvgIpc) is 2.60.